The molecule has 5 heteroatoms. The maximum atomic E-state index is 5.39. The van der Waals surface area contributed by atoms with Crippen LogP contribution < -0.4 is 5.32 Å². The van der Waals surface area contributed by atoms with E-state index in [0.29, 0.717) is 6.61 Å². The number of benzene rings is 1. The number of aromatic nitrogens is 3. The van der Waals surface area contributed by atoms with E-state index < -0.39 is 0 Å². The molecule has 0 radical (unpaired) electrons. The molecule has 19 heavy (non-hydrogen) atoms. The lowest BCUT2D eigenvalue weighted by atomic mass is 10.2. The van der Waals surface area contributed by atoms with Crippen LogP contribution >= 0.6 is 0 Å². The number of ether oxygens (including phenoxy) is 1. The SMILES string of the molecule is CCOCC(C)Nc1cccc(-c2n[nH]c(C)n2)c1. The van der Waals surface area contributed by atoms with Gasteiger partial charge in [-0.3, -0.25) is 5.10 Å². The van der Waals surface area contributed by atoms with E-state index in [2.05, 4.69) is 27.4 Å². The number of rotatable bonds is 6. The summed E-state index contributed by atoms with van der Waals surface area (Å²) in [5.74, 6) is 1.54. The molecule has 0 aliphatic rings. The Kier molecular flexibility index (Phi) is 4.52. The van der Waals surface area contributed by atoms with E-state index in [0.717, 1.165) is 29.5 Å². The molecule has 1 aromatic heterocycles. The first-order chi connectivity index (χ1) is 9.19. The second-order valence-corrected chi connectivity index (χ2v) is 4.53. The Morgan fingerprint density at radius 1 is 1.42 bits per heavy atom. The number of anilines is 1. The number of nitrogens with zero attached hydrogens (tertiary/aromatic N) is 2. The van der Waals surface area contributed by atoms with E-state index in [9.17, 15) is 0 Å². The Morgan fingerprint density at radius 2 is 2.26 bits per heavy atom. The molecule has 0 bridgehead atoms. The van der Waals surface area contributed by atoms with Crippen LogP contribution in [0.25, 0.3) is 11.4 Å². The number of aryl methyl sites for hydroxylation is 1. The van der Waals surface area contributed by atoms with Crippen molar-refractivity contribution in [1.29, 1.82) is 0 Å². The van der Waals surface area contributed by atoms with Crippen molar-refractivity contribution in [2.24, 2.45) is 0 Å². The molecule has 1 aromatic carbocycles. The highest BCUT2D eigenvalue weighted by atomic mass is 16.5. The van der Waals surface area contributed by atoms with Gasteiger partial charge in [-0.15, -0.1) is 0 Å². The van der Waals surface area contributed by atoms with Crippen molar-refractivity contribution in [3.63, 3.8) is 0 Å². The first-order valence-corrected chi connectivity index (χ1v) is 6.52. The molecule has 1 unspecified atom stereocenters. The average molecular weight is 260 g/mol. The second kappa shape index (κ2) is 6.33. The molecule has 0 fully saturated rings. The summed E-state index contributed by atoms with van der Waals surface area (Å²) in [6.07, 6.45) is 0. The average Bonchev–Trinajstić information content (AvgIpc) is 2.83. The third kappa shape index (κ3) is 3.79. The van der Waals surface area contributed by atoms with Crippen LogP contribution in [0.2, 0.25) is 0 Å². The lowest BCUT2D eigenvalue weighted by Gasteiger charge is -2.15. The zero-order chi connectivity index (χ0) is 13.7. The molecule has 1 atom stereocenters. The summed E-state index contributed by atoms with van der Waals surface area (Å²) < 4.78 is 5.39. The molecule has 0 aliphatic carbocycles. The summed E-state index contributed by atoms with van der Waals surface area (Å²) in [6.45, 7) is 7.42. The van der Waals surface area contributed by atoms with E-state index in [-0.39, 0.29) is 6.04 Å². The van der Waals surface area contributed by atoms with Crippen LogP contribution in [0.3, 0.4) is 0 Å². The van der Waals surface area contributed by atoms with Crippen LogP contribution in [0.15, 0.2) is 24.3 Å². The molecule has 0 amide bonds. The van der Waals surface area contributed by atoms with Crippen LogP contribution in [0.4, 0.5) is 5.69 Å². The lowest BCUT2D eigenvalue weighted by molar-refractivity contribution is 0.141. The molecular weight excluding hydrogens is 240 g/mol. The Morgan fingerprint density at radius 3 is 2.95 bits per heavy atom. The molecule has 2 rings (SSSR count). The van der Waals surface area contributed by atoms with Gasteiger partial charge in [-0.05, 0) is 32.9 Å². The fourth-order valence-electron chi connectivity index (χ4n) is 1.84. The smallest absolute Gasteiger partial charge is 0.181 e. The largest absolute Gasteiger partial charge is 0.380 e. The quantitative estimate of drug-likeness (QED) is 0.838. The van der Waals surface area contributed by atoms with E-state index in [1.807, 2.05) is 38.1 Å². The van der Waals surface area contributed by atoms with E-state index in [1.54, 1.807) is 0 Å². The summed E-state index contributed by atoms with van der Waals surface area (Å²) >= 11 is 0. The molecule has 0 spiro atoms. The summed E-state index contributed by atoms with van der Waals surface area (Å²) in [4.78, 5) is 4.33. The van der Waals surface area contributed by atoms with Crippen molar-refractivity contribution >= 4 is 5.69 Å². The third-order valence-corrected chi connectivity index (χ3v) is 2.70. The normalized spacial score (nSPS) is 12.4. The molecular formula is C14H20N4O. The van der Waals surface area contributed by atoms with Crippen LogP contribution in [0.1, 0.15) is 19.7 Å². The highest BCUT2D eigenvalue weighted by molar-refractivity contribution is 5.62. The van der Waals surface area contributed by atoms with Crippen molar-refractivity contribution in [1.82, 2.24) is 15.2 Å². The Bertz CT molecular complexity index is 524. The molecule has 0 aliphatic heterocycles. The molecule has 5 nitrogen and oxygen atoms in total. The molecule has 0 saturated carbocycles. The maximum Gasteiger partial charge on any atom is 0.181 e. The van der Waals surface area contributed by atoms with Gasteiger partial charge in [0.15, 0.2) is 5.82 Å². The molecule has 2 aromatic rings. The second-order valence-electron chi connectivity index (χ2n) is 4.53. The van der Waals surface area contributed by atoms with Gasteiger partial charge >= 0.3 is 0 Å². The number of aromatic amines is 1. The predicted molar refractivity (Wildman–Crippen MR) is 76.1 cm³/mol. The van der Waals surface area contributed by atoms with Gasteiger partial charge in [0.2, 0.25) is 0 Å². The minimum atomic E-state index is 0.268. The zero-order valence-corrected chi connectivity index (χ0v) is 11.6. The fraction of sp³-hybridized carbons (Fsp3) is 0.429. The predicted octanol–water partition coefficient (Wildman–Crippen LogP) is 2.62. The van der Waals surface area contributed by atoms with Crippen LogP contribution in [-0.4, -0.2) is 34.4 Å². The Labute approximate surface area is 113 Å². The topological polar surface area (TPSA) is 62.8 Å². The van der Waals surface area contributed by atoms with Crippen LogP contribution in [0, 0.1) is 6.92 Å². The molecule has 102 valence electrons. The highest BCUT2D eigenvalue weighted by Gasteiger charge is 2.06. The molecule has 0 saturated heterocycles. The number of hydrogen-bond donors (Lipinski definition) is 2. The van der Waals surface area contributed by atoms with E-state index >= 15 is 0 Å². The van der Waals surface area contributed by atoms with Crippen molar-refractivity contribution in [2.75, 3.05) is 18.5 Å². The van der Waals surface area contributed by atoms with Crippen molar-refractivity contribution < 1.29 is 4.74 Å². The number of hydrogen-bond acceptors (Lipinski definition) is 4. The van der Waals surface area contributed by atoms with Gasteiger partial charge in [0.05, 0.1) is 6.61 Å². The zero-order valence-electron chi connectivity index (χ0n) is 11.6. The first-order valence-electron chi connectivity index (χ1n) is 6.52. The van der Waals surface area contributed by atoms with Gasteiger partial charge in [0, 0.05) is 23.9 Å². The Hall–Kier alpha value is -1.88. The van der Waals surface area contributed by atoms with Crippen LogP contribution in [0.5, 0.6) is 0 Å². The van der Waals surface area contributed by atoms with Crippen LogP contribution in [-0.2, 0) is 4.74 Å². The first kappa shape index (κ1) is 13.5. The van der Waals surface area contributed by atoms with Crippen molar-refractivity contribution in [3.8, 4) is 11.4 Å². The number of H-pyrrole nitrogens is 1. The van der Waals surface area contributed by atoms with Gasteiger partial charge in [-0.1, -0.05) is 12.1 Å². The maximum absolute atomic E-state index is 5.39. The van der Waals surface area contributed by atoms with Gasteiger partial charge in [-0.2, -0.15) is 5.10 Å². The minimum absolute atomic E-state index is 0.268. The fourth-order valence-corrected chi connectivity index (χ4v) is 1.84. The third-order valence-electron chi connectivity index (χ3n) is 2.70. The monoisotopic (exact) mass is 260 g/mol. The van der Waals surface area contributed by atoms with Crippen molar-refractivity contribution in [2.45, 2.75) is 26.8 Å². The van der Waals surface area contributed by atoms with Gasteiger partial charge in [0.25, 0.3) is 0 Å². The van der Waals surface area contributed by atoms with Crippen molar-refractivity contribution in [3.05, 3.63) is 30.1 Å². The summed E-state index contributed by atoms with van der Waals surface area (Å²) in [5.41, 5.74) is 2.05. The number of nitrogens with one attached hydrogen (secondary N) is 2. The Balaban J connectivity index is 2.07. The van der Waals surface area contributed by atoms with E-state index in [1.165, 1.54) is 0 Å². The summed E-state index contributed by atoms with van der Waals surface area (Å²) in [6, 6.07) is 8.35. The van der Waals surface area contributed by atoms with Gasteiger partial charge < -0.3 is 10.1 Å². The summed E-state index contributed by atoms with van der Waals surface area (Å²) in [5, 5.41) is 10.4. The molecule has 1 heterocycles. The molecule has 2 N–H and O–H groups in total. The lowest BCUT2D eigenvalue weighted by Crippen LogP contribution is -2.21. The van der Waals surface area contributed by atoms with E-state index in [4.69, 9.17) is 4.74 Å². The standard InChI is InChI=1S/C14H20N4O/c1-4-19-9-10(2)15-13-7-5-6-12(8-13)14-16-11(3)17-18-14/h5-8,10,15H,4,9H2,1-3H3,(H,16,17,18). The summed E-state index contributed by atoms with van der Waals surface area (Å²) in [7, 11) is 0. The van der Waals surface area contributed by atoms with Gasteiger partial charge in [-0.25, -0.2) is 4.98 Å². The van der Waals surface area contributed by atoms with Gasteiger partial charge in [0.1, 0.15) is 5.82 Å². The highest BCUT2D eigenvalue weighted by Crippen LogP contribution is 2.19. The minimum Gasteiger partial charge on any atom is -0.380 e.